The van der Waals surface area contributed by atoms with Gasteiger partial charge in [-0.3, -0.25) is 4.79 Å². The maximum atomic E-state index is 12.5. The number of aromatic nitrogens is 1. The molecule has 8 heteroatoms. The Labute approximate surface area is 150 Å². The van der Waals surface area contributed by atoms with Crippen LogP contribution in [0.1, 0.15) is 50.4 Å². The van der Waals surface area contributed by atoms with Gasteiger partial charge in [-0.1, -0.05) is 26.7 Å². The molecule has 0 bridgehead atoms. The standard InChI is InChI=1S/C17H24F2N2O3S/c1-11(2)6-4-7-12(3)21-14(22)10-24-16(23)13-8-5-9-20-15(13)25-17(18)19/h5,8-9,11-12,17H,4,6-7,10H2,1-3H3,(H,21,22). The van der Waals surface area contributed by atoms with Crippen LogP contribution in [0.25, 0.3) is 0 Å². The lowest BCUT2D eigenvalue weighted by Gasteiger charge is -2.14. The van der Waals surface area contributed by atoms with Crippen molar-refractivity contribution < 1.29 is 23.1 Å². The van der Waals surface area contributed by atoms with Crippen LogP contribution in [0, 0.1) is 5.92 Å². The molecule has 0 aliphatic rings. The highest BCUT2D eigenvalue weighted by Crippen LogP contribution is 2.26. The van der Waals surface area contributed by atoms with E-state index in [-0.39, 0.29) is 28.4 Å². The Bertz CT molecular complexity index is 571. The number of alkyl halides is 2. The molecule has 1 atom stereocenters. The zero-order valence-corrected chi connectivity index (χ0v) is 15.4. The predicted molar refractivity (Wildman–Crippen MR) is 92.7 cm³/mol. The molecule has 0 saturated heterocycles. The second-order valence-corrected chi connectivity index (χ2v) is 7.08. The number of nitrogens with zero attached hydrogens (tertiary/aromatic N) is 1. The molecule has 1 heterocycles. The summed E-state index contributed by atoms with van der Waals surface area (Å²) in [5.41, 5.74) is -0.0782. The molecule has 0 spiro atoms. The summed E-state index contributed by atoms with van der Waals surface area (Å²) in [6, 6.07) is 2.77. The van der Waals surface area contributed by atoms with E-state index in [1.54, 1.807) is 0 Å². The van der Waals surface area contributed by atoms with E-state index in [2.05, 4.69) is 24.1 Å². The molecular weight excluding hydrogens is 350 g/mol. The monoisotopic (exact) mass is 374 g/mol. The van der Waals surface area contributed by atoms with Crippen molar-refractivity contribution in [3.63, 3.8) is 0 Å². The Morgan fingerprint density at radius 2 is 2.00 bits per heavy atom. The number of nitrogens with one attached hydrogen (secondary N) is 1. The highest BCUT2D eigenvalue weighted by atomic mass is 32.2. The first kappa shape index (κ1) is 21.3. The van der Waals surface area contributed by atoms with Gasteiger partial charge in [-0.15, -0.1) is 0 Å². The summed E-state index contributed by atoms with van der Waals surface area (Å²) in [7, 11) is 0. The molecule has 1 aromatic heterocycles. The van der Waals surface area contributed by atoms with Gasteiger partial charge in [-0.2, -0.15) is 8.78 Å². The molecule has 140 valence electrons. The lowest BCUT2D eigenvalue weighted by atomic mass is 10.0. The number of rotatable bonds is 10. The molecule has 1 amide bonds. The van der Waals surface area contributed by atoms with E-state index in [1.807, 2.05) is 6.92 Å². The van der Waals surface area contributed by atoms with E-state index < -0.39 is 24.2 Å². The Kier molecular flexibility index (Phi) is 9.41. The molecule has 1 aromatic rings. The zero-order chi connectivity index (χ0) is 18.8. The first-order valence-corrected chi connectivity index (χ1v) is 9.03. The fourth-order valence-electron chi connectivity index (χ4n) is 2.15. The van der Waals surface area contributed by atoms with E-state index in [1.165, 1.54) is 18.3 Å². The number of pyridine rings is 1. The van der Waals surface area contributed by atoms with Crippen LogP contribution in [-0.4, -0.2) is 35.3 Å². The molecule has 25 heavy (non-hydrogen) atoms. The number of thioether (sulfide) groups is 1. The summed E-state index contributed by atoms with van der Waals surface area (Å²) in [4.78, 5) is 27.5. The Balaban J connectivity index is 2.44. The van der Waals surface area contributed by atoms with Crippen molar-refractivity contribution in [2.24, 2.45) is 5.92 Å². The van der Waals surface area contributed by atoms with Crippen molar-refractivity contribution in [1.82, 2.24) is 10.3 Å². The van der Waals surface area contributed by atoms with E-state index in [0.29, 0.717) is 5.92 Å². The fraction of sp³-hybridized carbons (Fsp3) is 0.588. The van der Waals surface area contributed by atoms with Gasteiger partial charge >= 0.3 is 5.97 Å². The zero-order valence-electron chi connectivity index (χ0n) is 14.6. The molecule has 1 N–H and O–H groups in total. The topological polar surface area (TPSA) is 68.3 Å². The van der Waals surface area contributed by atoms with Crippen molar-refractivity contribution >= 4 is 23.6 Å². The van der Waals surface area contributed by atoms with Gasteiger partial charge in [0.15, 0.2) is 6.61 Å². The van der Waals surface area contributed by atoms with Crippen molar-refractivity contribution in [2.45, 2.75) is 56.9 Å². The van der Waals surface area contributed by atoms with E-state index in [4.69, 9.17) is 4.74 Å². The van der Waals surface area contributed by atoms with Gasteiger partial charge in [-0.05, 0) is 43.2 Å². The van der Waals surface area contributed by atoms with Crippen LogP contribution in [0.5, 0.6) is 0 Å². The van der Waals surface area contributed by atoms with Crippen molar-refractivity contribution in [3.8, 4) is 0 Å². The molecule has 0 aliphatic carbocycles. The number of carbonyl (C=O) groups is 2. The Morgan fingerprint density at radius 3 is 2.64 bits per heavy atom. The van der Waals surface area contributed by atoms with Crippen LogP contribution in [0.2, 0.25) is 0 Å². The summed E-state index contributed by atoms with van der Waals surface area (Å²) in [6.07, 6.45) is 4.24. The summed E-state index contributed by atoms with van der Waals surface area (Å²) < 4.78 is 29.9. The summed E-state index contributed by atoms with van der Waals surface area (Å²) in [5.74, 6) is -3.35. The van der Waals surface area contributed by atoms with Crippen LogP contribution in [-0.2, 0) is 9.53 Å². The average molecular weight is 374 g/mol. The lowest BCUT2D eigenvalue weighted by Crippen LogP contribution is -2.35. The second kappa shape index (κ2) is 11.0. The third-order valence-corrected chi connectivity index (χ3v) is 4.08. The fourth-order valence-corrected chi connectivity index (χ4v) is 2.72. The predicted octanol–water partition coefficient (Wildman–Crippen LogP) is 3.88. The highest BCUT2D eigenvalue weighted by molar-refractivity contribution is 7.99. The molecule has 5 nitrogen and oxygen atoms in total. The Morgan fingerprint density at radius 1 is 1.28 bits per heavy atom. The van der Waals surface area contributed by atoms with Gasteiger partial charge in [0.25, 0.3) is 11.7 Å². The van der Waals surface area contributed by atoms with Crippen molar-refractivity contribution in [3.05, 3.63) is 23.9 Å². The van der Waals surface area contributed by atoms with Crippen LogP contribution in [0.3, 0.4) is 0 Å². The maximum Gasteiger partial charge on any atom is 0.341 e. The smallest absolute Gasteiger partial charge is 0.341 e. The molecule has 0 saturated carbocycles. The van der Waals surface area contributed by atoms with Gasteiger partial charge in [-0.25, -0.2) is 9.78 Å². The number of esters is 1. The average Bonchev–Trinajstić information content (AvgIpc) is 2.52. The highest BCUT2D eigenvalue weighted by Gasteiger charge is 2.19. The number of hydrogen-bond acceptors (Lipinski definition) is 5. The number of carbonyl (C=O) groups excluding carboxylic acids is 2. The van der Waals surface area contributed by atoms with Gasteiger partial charge in [0.1, 0.15) is 5.03 Å². The molecule has 0 fully saturated rings. The van der Waals surface area contributed by atoms with Gasteiger partial charge < -0.3 is 10.1 Å². The largest absolute Gasteiger partial charge is 0.452 e. The number of hydrogen-bond donors (Lipinski definition) is 1. The summed E-state index contributed by atoms with van der Waals surface area (Å²) in [5, 5.41) is 2.63. The van der Waals surface area contributed by atoms with Crippen molar-refractivity contribution in [2.75, 3.05) is 6.61 Å². The van der Waals surface area contributed by atoms with Crippen LogP contribution in [0.4, 0.5) is 8.78 Å². The van der Waals surface area contributed by atoms with E-state index >= 15 is 0 Å². The minimum Gasteiger partial charge on any atom is -0.452 e. The lowest BCUT2D eigenvalue weighted by molar-refractivity contribution is -0.124. The third-order valence-electron chi connectivity index (χ3n) is 3.35. The number of halogens is 2. The normalized spacial score (nSPS) is 12.3. The molecule has 0 aliphatic heterocycles. The first-order chi connectivity index (χ1) is 11.8. The van der Waals surface area contributed by atoms with E-state index in [0.717, 1.165) is 19.3 Å². The summed E-state index contributed by atoms with van der Waals surface area (Å²) in [6.45, 7) is 5.71. The minimum absolute atomic E-state index is 0.0201. The molecular formula is C17H24F2N2O3S. The summed E-state index contributed by atoms with van der Waals surface area (Å²) >= 11 is 0.164. The van der Waals surface area contributed by atoms with E-state index in [9.17, 15) is 18.4 Å². The van der Waals surface area contributed by atoms with Crippen molar-refractivity contribution in [1.29, 1.82) is 0 Å². The molecule has 1 rings (SSSR count). The molecule has 1 unspecified atom stereocenters. The van der Waals surface area contributed by atoms with Gasteiger partial charge in [0.05, 0.1) is 5.56 Å². The molecule has 0 radical (unpaired) electrons. The first-order valence-electron chi connectivity index (χ1n) is 8.16. The second-order valence-electron chi connectivity index (χ2n) is 6.10. The van der Waals surface area contributed by atoms with Crippen LogP contribution >= 0.6 is 11.8 Å². The SMILES string of the molecule is CC(C)CCCC(C)NC(=O)COC(=O)c1cccnc1SC(F)F. The Hall–Kier alpha value is -1.70. The minimum atomic E-state index is -2.70. The molecule has 0 aromatic carbocycles. The van der Waals surface area contributed by atoms with Crippen LogP contribution < -0.4 is 5.32 Å². The number of ether oxygens (including phenoxy) is 1. The third kappa shape index (κ3) is 8.81. The number of amides is 1. The maximum absolute atomic E-state index is 12.5. The van der Waals surface area contributed by atoms with Gasteiger partial charge in [0, 0.05) is 12.2 Å². The van der Waals surface area contributed by atoms with Crippen LogP contribution in [0.15, 0.2) is 23.4 Å². The van der Waals surface area contributed by atoms with Gasteiger partial charge in [0.2, 0.25) is 0 Å². The quantitative estimate of drug-likeness (QED) is 0.497.